The molecular formula is C17H25N3S. The minimum Gasteiger partial charge on any atom is -0.313 e. The van der Waals surface area contributed by atoms with E-state index in [9.17, 15) is 0 Å². The maximum Gasteiger partial charge on any atom is 0.0624 e. The third kappa shape index (κ3) is 4.90. The van der Waals surface area contributed by atoms with E-state index in [0.717, 1.165) is 25.1 Å². The van der Waals surface area contributed by atoms with Gasteiger partial charge in [-0.2, -0.15) is 5.10 Å². The lowest BCUT2D eigenvalue weighted by atomic mass is 10.1. The maximum atomic E-state index is 4.54. The molecule has 1 aromatic heterocycles. The Labute approximate surface area is 132 Å². The standard InChI is InChI=1S/C17H25N3S/c1-4-14-11-16(20(3)19-14)12-15(18-5-2)13-21-17-9-7-6-8-10-17/h6-11,15,18H,4-5,12-13H2,1-3H3. The van der Waals surface area contributed by atoms with Crippen molar-refractivity contribution in [3.63, 3.8) is 0 Å². The van der Waals surface area contributed by atoms with Crippen LogP contribution in [0.3, 0.4) is 0 Å². The van der Waals surface area contributed by atoms with Crippen LogP contribution in [-0.4, -0.2) is 28.1 Å². The van der Waals surface area contributed by atoms with Crippen molar-refractivity contribution in [2.75, 3.05) is 12.3 Å². The summed E-state index contributed by atoms with van der Waals surface area (Å²) >= 11 is 1.91. The number of hydrogen-bond donors (Lipinski definition) is 1. The van der Waals surface area contributed by atoms with Crippen LogP contribution in [0, 0.1) is 0 Å². The molecule has 2 aromatic rings. The second-order valence-electron chi connectivity index (χ2n) is 5.19. The van der Waals surface area contributed by atoms with Gasteiger partial charge >= 0.3 is 0 Å². The summed E-state index contributed by atoms with van der Waals surface area (Å²) in [4.78, 5) is 1.33. The number of nitrogens with zero attached hydrogens (tertiary/aromatic N) is 2. The molecule has 0 aliphatic rings. The summed E-state index contributed by atoms with van der Waals surface area (Å²) in [5.74, 6) is 1.07. The van der Waals surface area contributed by atoms with Gasteiger partial charge in [0.2, 0.25) is 0 Å². The zero-order valence-electron chi connectivity index (χ0n) is 13.2. The Kier molecular flexibility index (Phi) is 6.33. The second-order valence-corrected chi connectivity index (χ2v) is 6.28. The fraction of sp³-hybridized carbons (Fsp3) is 0.471. The lowest BCUT2D eigenvalue weighted by Gasteiger charge is -2.17. The van der Waals surface area contributed by atoms with Crippen LogP contribution >= 0.6 is 11.8 Å². The average Bonchev–Trinajstić information content (AvgIpc) is 2.86. The molecule has 0 bridgehead atoms. The first kappa shape index (κ1) is 16.1. The number of nitrogens with one attached hydrogen (secondary N) is 1. The molecule has 4 heteroatoms. The number of thioether (sulfide) groups is 1. The van der Waals surface area contributed by atoms with Crippen LogP contribution in [-0.2, 0) is 19.9 Å². The molecule has 0 aliphatic carbocycles. The Hall–Kier alpha value is -1.26. The fourth-order valence-corrected chi connectivity index (χ4v) is 3.36. The van der Waals surface area contributed by atoms with Crippen LogP contribution in [0.4, 0.5) is 0 Å². The molecular weight excluding hydrogens is 278 g/mol. The summed E-state index contributed by atoms with van der Waals surface area (Å²) in [6, 6.07) is 13.3. The van der Waals surface area contributed by atoms with Crippen molar-refractivity contribution < 1.29 is 0 Å². The highest BCUT2D eigenvalue weighted by Gasteiger charge is 2.13. The predicted molar refractivity (Wildman–Crippen MR) is 90.9 cm³/mol. The Morgan fingerprint density at radius 3 is 2.62 bits per heavy atom. The molecule has 1 aromatic carbocycles. The van der Waals surface area contributed by atoms with Crippen molar-refractivity contribution >= 4 is 11.8 Å². The molecule has 0 fully saturated rings. The zero-order chi connectivity index (χ0) is 15.1. The van der Waals surface area contributed by atoms with Gasteiger partial charge in [0.25, 0.3) is 0 Å². The van der Waals surface area contributed by atoms with Gasteiger partial charge in [-0.25, -0.2) is 0 Å². The molecule has 0 aliphatic heterocycles. The van der Waals surface area contributed by atoms with Crippen molar-refractivity contribution in [3.8, 4) is 0 Å². The number of likely N-dealkylation sites (N-methyl/N-ethyl adjacent to an activating group) is 1. The molecule has 0 saturated heterocycles. The third-order valence-electron chi connectivity index (χ3n) is 3.53. The van der Waals surface area contributed by atoms with Crippen LogP contribution in [0.2, 0.25) is 0 Å². The van der Waals surface area contributed by atoms with Crippen LogP contribution in [0.25, 0.3) is 0 Å². The van der Waals surface area contributed by atoms with E-state index in [0.29, 0.717) is 6.04 Å². The van der Waals surface area contributed by atoms with Gasteiger partial charge in [-0.15, -0.1) is 11.8 Å². The highest BCUT2D eigenvalue weighted by molar-refractivity contribution is 7.99. The van der Waals surface area contributed by atoms with Gasteiger partial charge < -0.3 is 5.32 Å². The number of benzene rings is 1. The highest BCUT2D eigenvalue weighted by Crippen LogP contribution is 2.19. The van der Waals surface area contributed by atoms with E-state index in [1.807, 2.05) is 23.5 Å². The molecule has 114 valence electrons. The van der Waals surface area contributed by atoms with E-state index in [4.69, 9.17) is 0 Å². The smallest absolute Gasteiger partial charge is 0.0624 e. The Morgan fingerprint density at radius 1 is 1.24 bits per heavy atom. The SMILES string of the molecule is CCNC(CSc1ccccc1)Cc1cc(CC)nn1C. The van der Waals surface area contributed by atoms with Crippen LogP contribution < -0.4 is 5.32 Å². The van der Waals surface area contributed by atoms with Gasteiger partial charge in [0.05, 0.1) is 5.69 Å². The summed E-state index contributed by atoms with van der Waals surface area (Å²) in [7, 11) is 2.04. The topological polar surface area (TPSA) is 29.9 Å². The first-order valence-corrected chi connectivity index (χ1v) is 8.64. The molecule has 21 heavy (non-hydrogen) atoms. The van der Waals surface area contributed by atoms with Crippen molar-refractivity contribution in [2.24, 2.45) is 7.05 Å². The number of aryl methyl sites for hydroxylation is 2. The predicted octanol–water partition coefficient (Wildman–Crippen LogP) is 3.30. The summed E-state index contributed by atoms with van der Waals surface area (Å²) in [5, 5.41) is 8.14. The molecule has 1 atom stereocenters. The average molecular weight is 303 g/mol. The molecule has 3 nitrogen and oxygen atoms in total. The number of rotatable bonds is 8. The Balaban J connectivity index is 1.96. The first-order valence-electron chi connectivity index (χ1n) is 7.66. The zero-order valence-corrected chi connectivity index (χ0v) is 14.0. The van der Waals surface area contributed by atoms with Gasteiger partial charge in [0.15, 0.2) is 0 Å². The highest BCUT2D eigenvalue weighted by atomic mass is 32.2. The molecule has 1 N–H and O–H groups in total. The molecule has 2 rings (SSSR count). The minimum atomic E-state index is 0.473. The minimum absolute atomic E-state index is 0.473. The van der Waals surface area contributed by atoms with Crippen molar-refractivity contribution in [1.29, 1.82) is 0 Å². The van der Waals surface area contributed by atoms with Crippen molar-refractivity contribution in [3.05, 3.63) is 47.8 Å². The van der Waals surface area contributed by atoms with E-state index in [1.54, 1.807) is 0 Å². The normalized spacial score (nSPS) is 12.5. The van der Waals surface area contributed by atoms with E-state index < -0.39 is 0 Å². The largest absolute Gasteiger partial charge is 0.313 e. The van der Waals surface area contributed by atoms with Gasteiger partial charge in [0.1, 0.15) is 0 Å². The van der Waals surface area contributed by atoms with Gasteiger partial charge in [0, 0.05) is 35.9 Å². The van der Waals surface area contributed by atoms with Crippen molar-refractivity contribution in [2.45, 2.75) is 37.6 Å². The number of hydrogen-bond acceptors (Lipinski definition) is 3. The third-order valence-corrected chi connectivity index (χ3v) is 4.71. The number of aromatic nitrogens is 2. The van der Waals surface area contributed by atoms with Crippen LogP contribution in [0.5, 0.6) is 0 Å². The van der Waals surface area contributed by atoms with Crippen LogP contribution in [0.1, 0.15) is 25.2 Å². The van der Waals surface area contributed by atoms with E-state index in [2.05, 4.69) is 60.7 Å². The van der Waals surface area contributed by atoms with E-state index in [1.165, 1.54) is 16.3 Å². The fourth-order valence-electron chi connectivity index (χ4n) is 2.38. The Morgan fingerprint density at radius 2 is 2.00 bits per heavy atom. The van der Waals surface area contributed by atoms with Crippen molar-refractivity contribution in [1.82, 2.24) is 15.1 Å². The van der Waals surface area contributed by atoms with E-state index in [-0.39, 0.29) is 0 Å². The summed E-state index contributed by atoms with van der Waals surface area (Å²) in [6.45, 7) is 5.32. The van der Waals surface area contributed by atoms with Gasteiger partial charge in [-0.3, -0.25) is 4.68 Å². The summed E-state index contributed by atoms with van der Waals surface area (Å²) < 4.78 is 2.02. The molecule has 0 spiro atoms. The molecule has 0 amide bonds. The summed E-state index contributed by atoms with van der Waals surface area (Å²) in [6.07, 6.45) is 2.02. The lowest BCUT2D eigenvalue weighted by molar-refractivity contribution is 0.549. The van der Waals surface area contributed by atoms with Crippen LogP contribution in [0.15, 0.2) is 41.3 Å². The Bertz CT molecular complexity index is 536. The van der Waals surface area contributed by atoms with E-state index >= 15 is 0 Å². The summed E-state index contributed by atoms with van der Waals surface area (Å²) in [5.41, 5.74) is 2.49. The second kappa shape index (κ2) is 8.25. The lowest BCUT2D eigenvalue weighted by Crippen LogP contribution is -2.33. The first-order chi connectivity index (χ1) is 10.2. The molecule has 0 radical (unpaired) electrons. The molecule has 0 saturated carbocycles. The quantitative estimate of drug-likeness (QED) is 0.759. The monoisotopic (exact) mass is 303 g/mol. The molecule has 1 unspecified atom stereocenters. The van der Waals surface area contributed by atoms with Gasteiger partial charge in [-0.05, 0) is 31.2 Å². The van der Waals surface area contributed by atoms with Gasteiger partial charge in [-0.1, -0.05) is 32.0 Å². The maximum absolute atomic E-state index is 4.54. The molecule has 1 heterocycles.